The Balaban J connectivity index is 2.46. The van der Waals surface area contributed by atoms with Crippen LogP contribution >= 0.6 is 0 Å². The molecule has 4 heteroatoms. The van der Waals surface area contributed by atoms with Gasteiger partial charge in [-0.2, -0.15) is 0 Å². The summed E-state index contributed by atoms with van der Waals surface area (Å²) in [6.07, 6.45) is 2.59. The van der Waals surface area contributed by atoms with Crippen molar-refractivity contribution in [3.8, 4) is 11.5 Å². The van der Waals surface area contributed by atoms with Crippen LogP contribution in [0.25, 0.3) is 0 Å². The van der Waals surface area contributed by atoms with E-state index in [0.29, 0.717) is 0 Å². The monoisotopic (exact) mass is 275 g/mol. The molecule has 1 aromatic carbocycles. The highest BCUT2D eigenvalue weighted by atomic mass is 16.5. The van der Waals surface area contributed by atoms with Gasteiger partial charge in [0.1, 0.15) is 17.3 Å². The molecule has 0 aliphatic heterocycles. The van der Waals surface area contributed by atoms with Gasteiger partial charge in [0.25, 0.3) is 0 Å². The second kappa shape index (κ2) is 6.48. The first-order valence-electron chi connectivity index (χ1n) is 6.70. The van der Waals surface area contributed by atoms with Gasteiger partial charge in [-0.3, -0.25) is 0 Å². The molecule has 1 atom stereocenters. The maximum Gasteiger partial charge on any atom is 0.122 e. The lowest BCUT2D eigenvalue weighted by molar-refractivity contribution is 0.392. The fourth-order valence-electron chi connectivity index (χ4n) is 2.39. The summed E-state index contributed by atoms with van der Waals surface area (Å²) in [4.78, 5) is 0. The van der Waals surface area contributed by atoms with Gasteiger partial charge >= 0.3 is 0 Å². The Kier molecular flexibility index (Phi) is 4.69. The van der Waals surface area contributed by atoms with Gasteiger partial charge in [-0.25, -0.2) is 0 Å². The lowest BCUT2D eigenvalue weighted by Gasteiger charge is -2.18. The maximum atomic E-state index is 5.53. The van der Waals surface area contributed by atoms with E-state index >= 15 is 0 Å². The Morgan fingerprint density at radius 3 is 2.30 bits per heavy atom. The zero-order valence-corrected chi connectivity index (χ0v) is 12.4. The van der Waals surface area contributed by atoms with Gasteiger partial charge in [-0.15, -0.1) is 0 Å². The van der Waals surface area contributed by atoms with E-state index in [1.165, 1.54) is 0 Å². The molecule has 0 fully saturated rings. The smallest absolute Gasteiger partial charge is 0.122 e. The largest absolute Gasteiger partial charge is 0.497 e. The first-order chi connectivity index (χ1) is 9.73. The summed E-state index contributed by atoms with van der Waals surface area (Å²) in [6, 6.07) is 7.94. The molecule has 1 N–H and O–H groups in total. The number of benzene rings is 1. The molecule has 4 nitrogen and oxygen atoms in total. The van der Waals surface area contributed by atoms with E-state index in [2.05, 4.69) is 12.2 Å². The molecule has 0 spiro atoms. The molecule has 0 saturated carbocycles. The van der Waals surface area contributed by atoms with Gasteiger partial charge in [0.05, 0.1) is 26.5 Å². The minimum atomic E-state index is 0.0488. The van der Waals surface area contributed by atoms with Gasteiger partial charge in [-0.1, -0.05) is 6.92 Å². The molecule has 0 aliphatic rings. The van der Waals surface area contributed by atoms with Gasteiger partial charge in [0.15, 0.2) is 0 Å². The first kappa shape index (κ1) is 14.5. The number of furan rings is 1. The average molecular weight is 275 g/mol. The minimum Gasteiger partial charge on any atom is -0.497 e. The fraction of sp³-hybridized carbons (Fsp3) is 0.375. The Hall–Kier alpha value is -1.94. The van der Waals surface area contributed by atoms with Crippen LogP contribution in [0.5, 0.6) is 11.5 Å². The Labute approximate surface area is 119 Å². The number of methoxy groups -OCH3 is 2. The van der Waals surface area contributed by atoms with Crippen molar-refractivity contribution in [3.05, 3.63) is 47.4 Å². The van der Waals surface area contributed by atoms with Crippen LogP contribution in [0.2, 0.25) is 0 Å². The Morgan fingerprint density at radius 2 is 1.80 bits per heavy atom. The summed E-state index contributed by atoms with van der Waals surface area (Å²) in [5.74, 6) is 2.55. The highest BCUT2D eigenvalue weighted by Gasteiger charge is 2.19. The number of hydrogen-bond donors (Lipinski definition) is 1. The second-order valence-electron chi connectivity index (χ2n) is 4.52. The quantitative estimate of drug-likeness (QED) is 0.879. The first-order valence-corrected chi connectivity index (χ1v) is 6.70. The van der Waals surface area contributed by atoms with Gasteiger partial charge in [-0.05, 0) is 30.8 Å². The standard InChI is InChI=1S/C16H21NO3/c1-5-15-14(6-7-20-15)16(17-2)11-8-12(18-3)10-13(9-11)19-4/h6-10,16-17H,5H2,1-4H3. The molecular formula is C16H21NO3. The van der Waals surface area contributed by atoms with Gasteiger partial charge < -0.3 is 19.2 Å². The summed E-state index contributed by atoms with van der Waals surface area (Å²) in [5.41, 5.74) is 2.23. The molecule has 0 amide bonds. The maximum absolute atomic E-state index is 5.53. The van der Waals surface area contributed by atoms with Crippen molar-refractivity contribution in [1.29, 1.82) is 0 Å². The summed E-state index contributed by atoms with van der Waals surface area (Å²) in [5, 5.41) is 3.33. The molecule has 1 unspecified atom stereocenters. The minimum absolute atomic E-state index is 0.0488. The summed E-state index contributed by atoms with van der Waals surface area (Å²) in [6.45, 7) is 2.08. The van der Waals surface area contributed by atoms with E-state index in [-0.39, 0.29) is 6.04 Å². The molecule has 0 radical (unpaired) electrons. The normalized spacial score (nSPS) is 12.2. The number of aryl methyl sites for hydroxylation is 1. The molecule has 0 aliphatic carbocycles. The summed E-state index contributed by atoms with van der Waals surface area (Å²) in [7, 11) is 5.24. The van der Waals surface area contributed by atoms with E-state index < -0.39 is 0 Å². The Bertz CT molecular complexity index is 540. The molecule has 2 rings (SSSR count). The van der Waals surface area contributed by atoms with E-state index in [4.69, 9.17) is 13.9 Å². The van der Waals surface area contributed by atoms with Crippen LogP contribution in [0, 0.1) is 0 Å². The van der Waals surface area contributed by atoms with Gasteiger partial charge in [0, 0.05) is 18.1 Å². The third-order valence-electron chi connectivity index (χ3n) is 3.41. The van der Waals surface area contributed by atoms with Crippen LogP contribution in [0.15, 0.2) is 34.9 Å². The number of nitrogens with one attached hydrogen (secondary N) is 1. The van der Waals surface area contributed by atoms with Crippen LogP contribution in [0.4, 0.5) is 0 Å². The van der Waals surface area contributed by atoms with E-state index in [9.17, 15) is 0 Å². The topological polar surface area (TPSA) is 43.6 Å². The van der Waals surface area contributed by atoms with Crippen molar-refractivity contribution in [1.82, 2.24) is 5.32 Å². The van der Waals surface area contributed by atoms with Crippen LogP contribution in [0.3, 0.4) is 0 Å². The molecule has 1 aromatic heterocycles. The Morgan fingerprint density at radius 1 is 1.15 bits per heavy atom. The number of rotatable bonds is 6. The number of ether oxygens (including phenoxy) is 2. The van der Waals surface area contributed by atoms with Crippen molar-refractivity contribution in [2.75, 3.05) is 21.3 Å². The molecule has 1 heterocycles. The fourth-order valence-corrected chi connectivity index (χ4v) is 2.39. The van der Waals surface area contributed by atoms with E-state index in [1.807, 2.05) is 31.3 Å². The predicted octanol–water partition coefficient (Wildman–Crippen LogP) is 3.17. The molecule has 2 aromatic rings. The lowest BCUT2D eigenvalue weighted by atomic mass is 9.98. The third-order valence-corrected chi connectivity index (χ3v) is 3.41. The summed E-state index contributed by atoms with van der Waals surface area (Å²) < 4.78 is 16.2. The molecule has 0 bridgehead atoms. The van der Waals surface area contributed by atoms with E-state index in [0.717, 1.165) is 34.8 Å². The van der Waals surface area contributed by atoms with Crippen LogP contribution in [-0.4, -0.2) is 21.3 Å². The molecule has 0 saturated heterocycles. The SMILES string of the molecule is CCc1occc1C(NC)c1cc(OC)cc(OC)c1. The highest BCUT2D eigenvalue weighted by molar-refractivity contribution is 5.43. The lowest BCUT2D eigenvalue weighted by Crippen LogP contribution is -2.18. The van der Waals surface area contributed by atoms with Crippen LogP contribution in [-0.2, 0) is 6.42 Å². The van der Waals surface area contributed by atoms with Crippen molar-refractivity contribution in [3.63, 3.8) is 0 Å². The predicted molar refractivity (Wildman–Crippen MR) is 78.5 cm³/mol. The number of hydrogen-bond acceptors (Lipinski definition) is 4. The van der Waals surface area contributed by atoms with Crippen LogP contribution in [0.1, 0.15) is 29.9 Å². The third kappa shape index (κ3) is 2.80. The molecule has 108 valence electrons. The zero-order valence-electron chi connectivity index (χ0n) is 12.4. The van der Waals surface area contributed by atoms with Gasteiger partial charge in [0.2, 0.25) is 0 Å². The molecule has 20 heavy (non-hydrogen) atoms. The second-order valence-corrected chi connectivity index (χ2v) is 4.52. The van der Waals surface area contributed by atoms with Crippen molar-refractivity contribution in [2.24, 2.45) is 0 Å². The van der Waals surface area contributed by atoms with Crippen molar-refractivity contribution in [2.45, 2.75) is 19.4 Å². The highest BCUT2D eigenvalue weighted by Crippen LogP contribution is 2.31. The molecular weight excluding hydrogens is 254 g/mol. The van der Waals surface area contributed by atoms with Crippen molar-refractivity contribution < 1.29 is 13.9 Å². The van der Waals surface area contributed by atoms with E-state index in [1.54, 1.807) is 20.5 Å². The average Bonchev–Trinajstić information content (AvgIpc) is 2.96. The van der Waals surface area contributed by atoms with Crippen LogP contribution < -0.4 is 14.8 Å². The summed E-state index contributed by atoms with van der Waals surface area (Å²) >= 11 is 0. The van der Waals surface area contributed by atoms with Crippen molar-refractivity contribution >= 4 is 0 Å². The zero-order chi connectivity index (χ0) is 14.5.